The predicted octanol–water partition coefficient (Wildman–Crippen LogP) is 5.09. The molecular weight excluding hydrogens is 331 g/mol. The monoisotopic (exact) mass is 340 g/mol. The molecule has 2 N–H and O–H groups in total. The molecule has 0 bridgehead atoms. The molecule has 0 saturated carbocycles. The van der Waals surface area contributed by atoms with E-state index in [1.54, 1.807) is 24.3 Å². The van der Waals surface area contributed by atoms with Crippen molar-refractivity contribution >= 4 is 52.1 Å². The molecule has 7 heteroatoms. The highest BCUT2D eigenvalue weighted by Crippen LogP contribution is 2.33. The molecule has 0 fully saturated rings. The van der Waals surface area contributed by atoms with Crippen molar-refractivity contribution in [3.63, 3.8) is 0 Å². The second-order valence-electron chi connectivity index (χ2n) is 4.11. The van der Waals surface area contributed by atoms with Crippen molar-refractivity contribution in [3.8, 4) is 6.07 Å². The van der Waals surface area contributed by atoms with Crippen LogP contribution in [-0.4, -0.2) is 11.5 Å². The van der Waals surface area contributed by atoms with Crippen LogP contribution in [0, 0.1) is 11.3 Å². The number of anilines is 3. The van der Waals surface area contributed by atoms with E-state index in [0.29, 0.717) is 44.5 Å². The number of nitrogens with zero attached hydrogens (tertiary/aromatic N) is 2. The van der Waals surface area contributed by atoms with Crippen molar-refractivity contribution in [3.05, 3.63) is 44.9 Å². The molecule has 0 unspecified atom stereocenters. The Morgan fingerprint density at radius 3 is 2.43 bits per heavy atom. The SMILES string of the molecule is CCNc1nc(Nc2ccc(C#N)cc2Cl)c(Cl)cc1Cl. The molecular formula is C14H11Cl3N4. The highest BCUT2D eigenvalue weighted by atomic mass is 35.5. The molecule has 1 heterocycles. The summed E-state index contributed by atoms with van der Waals surface area (Å²) in [5.41, 5.74) is 1.09. The van der Waals surface area contributed by atoms with Gasteiger partial charge in [0, 0.05) is 6.54 Å². The molecule has 21 heavy (non-hydrogen) atoms. The molecule has 1 aromatic heterocycles. The van der Waals surface area contributed by atoms with Gasteiger partial charge in [-0.15, -0.1) is 0 Å². The van der Waals surface area contributed by atoms with E-state index in [1.165, 1.54) is 0 Å². The van der Waals surface area contributed by atoms with Crippen LogP contribution < -0.4 is 10.6 Å². The Kier molecular flexibility index (Phi) is 5.13. The second kappa shape index (κ2) is 6.86. The molecule has 108 valence electrons. The number of benzene rings is 1. The zero-order chi connectivity index (χ0) is 15.4. The number of nitrogens with one attached hydrogen (secondary N) is 2. The first-order valence-corrected chi connectivity index (χ1v) is 7.25. The minimum atomic E-state index is 0.377. The van der Waals surface area contributed by atoms with Crippen LogP contribution in [0.3, 0.4) is 0 Å². The number of hydrogen-bond acceptors (Lipinski definition) is 4. The van der Waals surface area contributed by atoms with Crippen molar-refractivity contribution in [2.45, 2.75) is 6.92 Å². The van der Waals surface area contributed by atoms with E-state index in [-0.39, 0.29) is 0 Å². The van der Waals surface area contributed by atoms with Crippen LogP contribution in [0.4, 0.5) is 17.3 Å². The van der Waals surface area contributed by atoms with Gasteiger partial charge in [-0.3, -0.25) is 0 Å². The predicted molar refractivity (Wildman–Crippen MR) is 87.9 cm³/mol. The second-order valence-corrected chi connectivity index (χ2v) is 5.33. The summed E-state index contributed by atoms with van der Waals surface area (Å²) in [6.07, 6.45) is 0. The Morgan fingerprint density at radius 1 is 1.10 bits per heavy atom. The molecule has 4 nitrogen and oxygen atoms in total. The minimum Gasteiger partial charge on any atom is -0.369 e. The van der Waals surface area contributed by atoms with Gasteiger partial charge in [-0.2, -0.15) is 5.26 Å². The fourth-order valence-corrected chi connectivity index (χ4v) is 2.36. The van der Waals surface area contributed by atoms with Crippen molar-refractivity contribution in [2.75, 3.05) is 17.2 Å². The fourth-order valence-electron chi connectivity index (χ4n) is 1.66. The van der Waals surface area contributed by atoms with Crippen LogP contribution in [0.15, 0.2) is 24.3 Å². The van der Waals surface area contributed by atoms with Gasteiger partial charge in [0.2, 0.25) is 0 Å². The standard InChI is InChI=1S/C14H11Cl3N4/c1-2-19-13-10(16)6-11(17)14(21-13)20-12-4-3-8(7-18)5-9(12)15/h3-6H,2H2,1H3,(H2,19,20,21). The first-order chi connectivity index (χ1) is 10.0. The summed E-state index contributed by atoms with van der Waals surface area (Å²) in [5.74, 6) is 0.972. The van der Waals surface area contributed by atoms with Gasteiger partial charge in [-0.1, -0.05) is 34.8 Å². The average Bonchev–Trinajstić information content (AvgIpc) is 2.46. The lowest BCUT2D eigenvalue weighted by molar-refractivity contribution is 1.16. The highest BCUT2D eigenvalue weighted by Gasteiger charge is 2.11. The summed E-state index contributed by atoms with van der Waals surface area (Å²) in [6, 6.07) is 8.55. The maximum atomic E-state index is 8.83. The van der Waals surface area contributed by atoms with Crippen LogP contribution in [0.2, 0.25) is 15.1 Å². The lowest BCUT2D eigenvalue weighted by atomic mass is 10.2. The molecule has 1 aromatic carbocycles. The van der Waals surface area contributed by atoms with E-state index >= 15 is 0 Å². The van der Waals surface area contributed by atoms with Crippen molar-refractivity contribution in [1.82, 2.24) is 4.98 Å². The molecule has 0 aliphatic heterocycles. The van der Waals surface area contributed by atoms with E-state index in [9.17, 15) is 0 Å². The highest BCUT2D eigenvalue weighted by molar-refractivity contribution is 6.37. The topological polar surface area (TPSA) is 60.7 Å². The molecule has 0 atom stereocenters. The van der Waals surface area contributed by atoms with Crippen LogP contribution in [0.25, 0.3) is 0 Å². The van der Waals surface area contributed by atoms with Gasteiger partial charge in [0.1, 0.15) is 5.82 Å². The Balaban J connectivity index is 2.35. The summed E-state index contributed by atoms with van der Waals surface area (Å²) in [4.78, 5) is 4.33. The summed E-state index contributed by atoms with van der Waals surface area (Å²) >= 11 is 18.3. The van der Waals surface area contributed by atoms with Gasteiger partial charge in [-0.05, 0) is 31.2 Å². The zero-order valence-corrected chi connectivity index (χ0v) is 13.3. The van der Waals surface area contributed by atoms with Gasteiger partial charge >= 0.3 is 0 Å². The number of aromatic nitrogens is 1. The molecule has 0 amide bonds. The Hall–Kier alpha value is -1.67. The van der Waals surface area contributed by atoms with Gasteiger partial charge < -0.3 is 10.6 Å². The lowest BCUT2D eigenvalue weighted by Crippen LogP contribution is -2.03. The lowest BCUT2D eigenvalue weighted by Gasteiger charge is -2.12. The number of pyridine rings is 1. The first-order valence-electron chi connectivity index (χ1n) is 6.11. The van der Waals surface area contributed by atoms with E-state index in [1.807, 2.05) is 13.0 Å². The molecule has 0 radical (unpaired) electrons. The van der Waals surface area contributed by atoms with E-state index in [4.69, 9.17) is 40.1 Å². The maximum absolute atomic E-state index is 8.83. The number of halogens is 3. The first kappa shape index (κ1) is 15.7. The van der Waals surface area contributed by atoms with Crippen molar-refractivity contribution < 1.29 is 0 Å². The summed E-state index contributed by atoms with van der Waals surface area (Å²) in [6.45, 7) is 2.63. The Labute approximate surface area is 137 Å². The largest absolute Gasteiger partial charge is 0.369 e. The van der Waals surface area contributed by atoms with Crippen molar-refractivity contribution in [1.29, 1.82) is 5.26 Å². The van der Waals surface area contributed by atoms with Gasteiger partial charge in [0.15, 0.2) is 5.82 Å². The molecule has 2 rings (SSSR count). The summed E-state index contributed by atoms with van der Waals surface area (Å²) in [5, 5.41) is 16.1. The maximum Gasteiger partial charge on any atom is 0.151 e. The normalized spacial score (nSPS) is 10.0. The third-order valence-corrected chi connectivity index (χ3v) is 3.51. The smallest absolute Gasteiger partial charge is 0.151 e. The zero-order valence-electron chi connectivity index (χ0n) is 11.0. The van der Waals surface area contributed by atoms with E-state index in [0.717, 1.165) is 0 Å². The fraction of sp³-hybridized carbons (Fsp3) is 0.143. The minimum absolute atomic E-state index is 0.377. The number of hydrogen-bond donors (Lipinski definition) is 2. The Bertz CT molecular complexity index is 710. The van der Waals surface area contributed by atoms with E-state index < -0.39 is 0 Å². The third kappa shape index (κ3) is 3.70. The summed E-state index contributed by atoms with van der Waals surface area (Å²) < 4.78 is 0. The molecule has 0 spiro atoms. The quantitative estimate of drug-likeness (QED) is 0.813. The van der Waals surface area contributed by atoms with Gasteiger partial charge in [0.05, 0.1) is 32.4 Å². The molecule has 2 aromatic rings. The molecule has 0 aliphatic rings. The van der Waals surface area contributed by atoms with Crippen LogP contribution in [-0.2, 0) is 0 Å². The number of rotatable bonds is 4. The van der Waals surface area contributed by atoms with E-state index in [2.05, 4.69) is 15.6 Å². The summed E-state index contributed by atoms with van der Waals surface area (Å²) in [7, 11) is 0. The van der Waals surface area contributed by atoms with Crippen LogP contribution in [0.1, 0.15) is 12.5 Å². The molecule has 0 aliphatic carbocycles. The van der Waals surface area contributed by atoms with Crippen LogP contribution >= 0.6 is 34.8 Å². The molecule has 0 saturated heterocycles. The van der Waals surface area contributed by atoms with Gasteiger partial charge in [-0.25, -0.2) is 4.98 Å². The van der Waals surface area contributed by atoms with Gasteiger partial charge in [0.25, 0.3) is 0 Å². The Morgan fingerprint density at radius 2 is 1.81 bits per heavy atom. The number of nitriles is 1. The third-order valence-electron chi connectivity index (χ3n) is 2.62. The van der Waals surface area contributed by atoms with Crippen molar-refractivity contribution in [2.24, 2.45) is 0 Å². The average molecular weight is 342 g/mol. The van der Waals surface area contributed by atoms with Crippen LogP contribution in [0.5, 0.6) is 0 Å².